The van der Waals surface area contributed by atoms with Crippen LogP contribution >= 0.6 is 0 Å². The summed E-state index contributed by atoms with van der Waals surface area (Å²) in [5, 5.41) is 2.88. The van der Waals surface area contributed by atoms with Gasteiger partial charge in [0.1, 0.15) is 12.4 Å². The van der Waals surface area contributed by atoms with E-state index in [0.717, 1.165) is 22.8 Å². The van der Waals surface area contributed by atoms with Crippen LogP contribution in [0.2, 0.25) is 0 Å². The van der Waals surface area contributed by atoms with Gasteiger partial charge in [-0.1, -0.05) is 24.3 Å². The fourth-order valence-corrected chi connectivity index (χ4v) is 2.54. The molecule has 2 aromatic carbocycles. The molecule has 1 N–H and O–H groups in total. The van der Waals surface area contributed by atoms with E-state index in [1.165, 1.54) is 0 Å². The van der Waals surface area contributed by atoms with Crippen molar-refractivity contribution in [2.75, 3.05) is 26.5 Å². The van der Waals surface area contributed by atoms with Crippen LogP contribution in [0.4, 0.5) is 4.79 Å². The van der Waals surface area contributed by atoms with Crippen LogP contribution in [0, 0.1) is 0 Å². The van der Waals surface area contributed by atoms with Crippen molar-refractivity contribution in [2.24, 2.45) is 0 Å². The second-order valence-corrected chi connectivity index (χ2v) is 5.60. The largest absolute Gasteiger partial charge is 0.492 e. The first-order valence-electron chi connectivity index (χ1n) is 8.35. The van der Waals surface area contributed by atoms with E-state index >= 15 is 0 Å². The summed E-state index contributed by atoms with van der Waals surface area (Å²) in [4.78, 5) is 14.1. The lowest BCUT2D eigenvalue weighted by Gasteiger charge is -2.21. The number of fused-ring (bicyclic) bond motifs is 1. The Morgan fingerprint density at radius 3 is 2.76 bits per heavy atom. The zero-order chi connectivity index (χ0) is 17.5. The van der Waals surface area contributed by atoms with Gasteiger partial charge in [0.05, 0.1) is 6.54 Å². The number of nitrogens with one attached hydrogen (secondary N) is 1. The van der Waals surface area contributed by atoms with Crippen LogP contribution in [0.25, 0.3) is 0 Å². The van der Waals surface area contributed by atoms with Crippen LogP contribution in [0.5, 0.6) is 17.2 Å². The molecule has 0 bridgehead atoms. The van der Waals surface area contributed by atoms with Crippen molar-refractivity contribution in [3.05, 3.63) is 54.1 Å². The second kappa shape index (κ2) is 8.28. The van der Waals surface area contributed by atoms with Crippen molar-refractivity contribution in [2.45, 2.75) is 13.5 Å². The van der Waals surface area contributed by atoms with Gasteiger partial charge in [0.15, 0.2) is 11.5 Å². The lowest BCUT2D eigenvalue weighted by atomic mass is 10.2. The minimum Gasteiger partial charge on any atom is -0.492 e. The zero-order valence-electron chi connectivity index (χ0n) is 14.2. The monoisotopic (exact) mass is 342 g/mol. The molecule has 1 aliphatic rings. The molecular formula is C19H22N2O4. The number of benzene rings is 2. The van der Waals surface area contributed by atoms with Crippen LogP contribution in [0.1, 0.15) is 12.5 Å². The number of amides is 2. The van der Waals surface area contributed by atoms with Gasteiger partial charge in [0.25, 0.3) is 0 Å². The average molecular weight is 342 g/mol. The van der Waals surface area contributed by atoms with Crippen LogP contribution in [-0.2, 0) is 6.54 Å². The van der Waals surface area contributed by atoms with Gasteiger partial charge in [0.2, 0.25) is 6.79 Å². The van der Waals surface area contributed by atoms with Crippen molar-refractivity contribution in [3.8, 4) is 17.2 Å². The lowest BCUT2D eigenvalue weighted by molar-refractivity contribution is 0.173. The number of hydrogen-bond donors (Lipinski definition) is 1. The highest BCUT2D eigenvalue weighted by Crippen LogP contribution is 2.32. The van der Waals surface area contributed by atoms with Gasteiger partial charge < -0.3 is 24.4 Å². The Labute approximate surface area is 147 Å². The van der Waals surface area contributed by atoms with Gasteiger partial charge in [-0.2, -0.15) is 0 Å². The molecule has 0 aromatic heterocycles. The van der Waals surface area contributed by atoms with Crippen LogP contribution in [-0.4, -0.2) is 37.4 Å². The molecule has 25 heavy (non-hydrogen) atoms. The van der Waals surface area contributed by atoms with E-state index in [9.17, 15) is 4.79 Å². The van der Waals surface area contributed by atoms with Crippen molar-refractivity contribution in [1.82, 2.24) is 10.2 Å². The summed E-state index contributed by atoms with van der Waals surface area (Å²) in [6.07, 6.45) is 0. The van der Waals surface area contributed by atoms with E-state index in [1.54, 1.807) is 4.90 Å². The molecule has 3 rings (SSSR count). The molecule has 0 saturated carbocycles. The fraction of sp³-hybridized carbons (Fsp3) is 0.316. The predicted octanol–water partition coefficient (Wildman–Crippen LogP) is 3.03. The Morgan fingerprint density at radius 2 is 1.96 bits per heavy atom. The maximum absolute atomic E-state index is 12.3. The molecule has 0 saturated heterocycles. The Morgan fingerprint density at radius 1 is 1.16 bits per heavy atom. The van der Waals surface area contributed by atoms with Crippen molar-refractivity contribution in [1.29, 1.82) is 0 Å². The normalized spacial score (nSPS) is 11.9. The molecule has 2 aromatic rings. The number of ether oxygens (including phenoxy) is 3. The van der Waals surface area contributed by atoms with Crippen LogP contribution in [0.3, 0.4) is 0 Å². The van der Waals surface area contributed by atoms with E-state index < -0.39 is 0 Å². The van der Waals surface area contributed by atoms with Gasteiger partial charge in [0, 0.05) is 13.1 Å². The summed E-state index contributed by atoms with van der Waals surface area (Å²) in [6, 6.07) is 15.2. The third-order valence-electron chi connectivity index (χ3n) is 3.87. The summed E-state index contributed by atoms with van der Waals surface area (Å²) in [7, 11) is 0. The first-order valence-corrected chi connectivity index (χ1v) is 8.35. The molecule has 6 heteroatoms. The molecule has 6 nitrogen and oxygen atoms in total. The maximum atomic E-state index is 12.3. The first-order chi connectivity index (χ1) is 12.3. The van der Waals surface area contributed by atoms with Gasteiger partial charge in [-0.25, -0.2) is 4.79 Å². The number of urea groups is 1. The fourth-order valence-electron chi connectivity index (χ4n) is 2.54. The third-order valence-corrected chi connectivity index (χ3v) is 3.87. The third kappa shape index (κ3) is 4.56. The van der Waals surface area contributed by atoms with Crippen molar-refractivity contribution >= 4 is 6.03 Å². The standard InChI is InChI=1S/C19H22N2O4/c1-2-21(13-15-8-9-17-18(12-15)25-14-24-17)19(22)20-10-11-23-16-6-4-3-5-7-16/h3-9,12H,2,10-11,13-14H2,1H3,(H,20,22). The van der Waals surface area contributed by atoms with E-state index in [4.69, 9.17) is 14.2 Å². The maximum Gasteiger partial charge on any atom is 0.317 e. The summed E-state index contributed by atoms with van der Waals surface area (Å²) >= 11 is 0. The summed E-state index contributed by atoms with van der Waals surface area (Å²) in [5.74, 6) is 2.27. The molecule has 0 radical (unpaired) electrons. The van der Waals surface area contributed by atoms with E-state index in [-0.39, 0.29) is 12.8 Å². The minimum absolute atomic E-state index is 0.114. The molecule has 1 aliphatic heterocycles. The second-order valence-electron chi connectivity index (χ2n) is 5.60. The molecule has 0 spiro atoms. The molecule has 132 valence electrons. The van der Waals surface area contributed by atoms with E-state index in [2.05, 4.69) is 5.32 Å². The Balaban J connectivity index is 1.46. The number of carbonyl (C=O) groups is 1. The molecular weight excluding hydrogens is 320 g/mol. The SMILES string of the molecule is CCN(Cc1ccc2c(c1)OCO2)C(=O)NCCOc1ccccc1. The van der Waals surface area contributed by atoms with Crippen LogP contribution < -0.4 is 19.5 Å². The van der Waals surface area contributed by atoms with E-state index in [0.29, 0.717) is 26.2 Å². The molecule has 0 unspecified atom stereocenters. The van der Waals surface area contributed by atoms with Gasteiger partial charge in [-0.15, -0.1) is 0 Å². The highest BCUT2D eigenvalue weighted by molar-refractivity contribution is 5.74. The van der Waals surface area contributed by atoms with Crippen molar-refractivity contribution in [3.63, 3.8) is 0 Å². The Hall–Kier alpha value is -2.89. The molecule has 0 fully saturated rings. The molecule has 0 atom stereocenters. The van der Waals surface area contributed by atoms with E-state index in [1.807, 2.05) is 55.5 Å². The Bertz CT molecular complexity index is 706. The minimum atomic E-state index is -0.114. The van der Waals surface area contributed by atoms with Gasteiger partial charge >= 0.3 is 6.03 Å². The molecule has 1 heterocycles. The van der Waals surface area contributed by atoms with Gasteiger partial charge in [-0.3, -0.25) is 0 Å². The number of hydrogen-bond acceptors (Lipinski definition) is 4. The Kier molecular flexibility index (Phi) is 5.61. The first kappa shape index (κ1) is 17.0. The average Bonchev–Trinajstić information content (AvgIpc) is 3.11. The number of para-hydroxylation sites is 1. The molecule has 0 aliphatic carbocycles. The quantitative estimate of drug-likeness (QED) is 0.786. The lowest BCUT2D eigenvalue weighted by Crippen LogP contribution is -2.41. The van der Waals surface area contributed by atoms with Crippen molar-refractivity contribution < 1.29 is 19.0 Å². The number of rotatable bonds is 7. The summed E-state index contributed by atoms with van der Waals surface area (Å²) < 4.78 is 16.3. The van der Waals surface area contributed by atoms with Gasteiger partial charge in [-0.05, 0) is 36.8 Å². The topological polar surface area (TPSA) is 60.0 Å². The smallest absolute Gasteiger partial charge is 0.317 e. The zero-order valence-corrected chi connectivity index (χ0v) is 14.2. The van der Waals surface area contributed by atoms with Crippen LogP contribution in [0.15, 0.2) is 48.5 Å². The summed E-state index contributed by atoms with van der Waals surface area (Å²) in [6.45, 7) is 4.20. The highest BCUT2D eigenvalue weighted by Gasteiger charge is 2.16. The highest BCUT2D eigenvalue weighted by atomic mass is 16.7. The number of nitrogens with zero attached hydrogens (tertiary/aromatic N) is 1. The predicted molar refractivity (Wildman–Crippen MR) is 94.0 cm³/mol. The molecule has 2 amide bonds. The number of carbonyl (C=O) groups excluding carboxylic acids is 1. The summed E-state index contributed by atoms with van der Waals surface area (Å²) in [5.41, 5.74) is 1.00.